The monoisotopic (exact) mass is 359 g/mol. The number of hydrogen-bond acceptors (Lipinski definition) is 3. The zero-order valence-electron chi connectivity index (χ0n) is 13.7. The van der Waals surface area contributed by atoms with Crippen LogP contribution in [0.3, 0.4) is 0 Å². The Hall–Kier alpha value is -3.29. The van der Waals surface area contributed by atoms with E-state index in [-0.39, 0.29) is 12.1 Å². The normalized spacial score (nSPS) is 15.8. The van der Waals surface area contributed by atoms with Crippen LogP contribution >= 0.6 is 11.6 Å². The molecule has 1 N–H and O–H groups in total. The topological polar surface area (TPSA) is 56.1 Å². The van der Waals surface area contributed by atoms with E-state index >= 15 is 0 Å². The van der Waals surface area contributed by atoms with Gasteiger partial charge in [-0.15, -0.1) is 0 Å². The molecule has 1 aliphatic rings. The fraction of sp³-hybridized carbons (Fsp3) is 0.0476. The van der Waals surface area contributed by atoms with E-state index in [2.05, 4.69) is 11.4 Å². The summed E-state index contributed by atoms with van der Waals surface area (Å²) in [7, 11) is 0. The highest BCUT2D eigenvalue weighted by Crippen LogP contribution is 2.36. The average molecular weight is 360 g/mol. The number of fused-ring (bicyclic) bond motifs is 1. The van der Waals surface area contributed by atoms with Gasteiger partial charge in [0.15, 0.2) is 0 Å². The number of hydrogen-bond donors (Lipinski definition) is 1. The minimum absolute atomic E-state index is 0.0870. The molecule has 3 aromatic carbocycles. The van der Waals surface area contributed by atoms with E-state index in [1.165, 1.54) is 0 Å². The number of benzene rings is 3. The maximum absolute atomic E-state index is 13.2. The van der Waals surface area contributed by atoms with Crippen LogP contribution in [0.5, 0.6) is 0 Å². The number of para-hydroxylation sites is 1. The van der Waals surface area contributed by atoms with Crippen LogP contribution in [-0.2, 0) is 0 Å². The standard InChI is InChI=1S/C21H14ClN3O/c22-16-9-11-17(12-10-16)25-20(15-7-5-14(13-23)6-8-15)24-19-4-2-1-3-18(19)21(25)26/h1-12,20,24H. The van der Waals surface area contributed by atoms with Gasteiger partial charge in [0.05, 0.1) is 17.2 Å². The third-order valence-electron chi connectivity index (χ3n) is 4.39. The van der Waals surface area contributed by atoms with Gasteiger partial charge in [-0.2, -0.15) is 5.26 Å². The molecule has 26 heavy (non-hydrogen) atoms. The van der Waals surface area contributed by atoms with Crippen molar-refractivity contribution in [2.75, 3.05) is 10.2 Å². The molecule has 0 radical (unpaired) electrons. The van der Waals surface area contributed by atoms with Crippen molar-refractivity contribution < 1.29 is 4.79 Å². The van der Waals surface area contributed by atoms with Crippen LogP contribution in [0.25, 0.3) is 0 Å². The molecule has 0 aromatic heterocycles. The Kier molecular flexibility index (Phi) is 4.08. The summed E-state index contributed by atoms with van der Waals surface area (Å²) in [6, 6.07) is 24.0. The van der Waals surface area contributed by atoms with E-state index in [1.54, 1.807) is 29.2 Å². The highest BCUT2D eigenvalue weighted by molar-refractivity contribution is 6.30. The van der Waals surface area contributed by atoms with Gasteiger partial charge in [-0.3, -0.25) is 9.69 Å². The van der Waals surface area contributed by atoms with E-state index in [0.717, 1.165) is 16.9 Å². The van der Waals surface area contributed by atoms with Crippen LogP contribution < -0.4 is 10.2 Å². The summed E-state index contributed by atoms with van der Waals surface area (Å²) in [5, 5.41) is 13.1. The number of carbonyl (C=O) groups excluding carboxylic acids is 1. The van der Waals surface area contributed by atoms with Gasteiger partial charge in [0.25, 0.3) is 5.91 Å². The van der Waals surface area contributed by atoms with Crippen LogP contribution in [0.1, 0.15) is 27.7 Å². The molecule has 3 aromatic rings. The van der Waals surface area contributed by atoms with E-state index in [9.17, 15) is 4.79 Å². The zero-order valence-corrected chi connectivity index (χ0v) is 14.4. The van der Waals surface area contributed by atoms with Gasteiger partial charge < -0.3 is 5.32 Å². The molecule has 0 saturated heterocycles. The molecular formula is C21H14ClN3O. The van der Waals surface area contributed by atoms with Crippen molar-refractivity contribution in [1.29, 1.82) is 5.26 Å². The predicted molar refractivity (Wildman–Crippen MR) is 102 cm³/mol. The molecule has 1 aliphatic heterocycles. The van der Waals surface area contributed by atoms with Crippen molar-refractivity contribution >= 4 is 28.9 Å². The molecule has 1 heterocycles. The largest absolute Gasteiger partial charge is 0.360 e. The van der Waals surface area contributed by atoms with Gasteiger partial charge in [0.1, 0.15) is 6.17 Å². The third kappa shape index (κ3) is 2.79. The zero-order chi connectivity index (χ0) is 18.1. The fourth-order valence-corrected chi connectivity index (χ4v) is 3.22. The maximum atomic E-state index is 13.2. The van der Waals surface area contributed by atoms with Crippen LogP contribution in [0.15, 0.2) is 72.8 Å². The Balaban J connectivity index is 1.84. The summed E-state index contributed by atoms with van der Waals surface area (Å²) in [5.74, 6) is -0.0870. The number of carbonyl (C=O) groups is 1. The van der Waals surface area contributed by atoms with Crippen molar-refractivity contribution in [3.05, 3.63) is 94.5 Å². The highest BCUT2D eigenvalue weighted by Gasteiger charge is 2.33. The average Bonchev–Trinajstić information content (AvgIpc) is 2.69. The smallest absolute Gasteiger partial charge is 0.262 e. The lowest BCUT2D eigenvalue weighted by Crippen LogP contribution is -2.43. The Bertz CT molecular complexity index is 1010. The van der Waals surface area contributed by atoms with Gasteiger partial charge in [-0.1, -0.05) is 35.9 Å². The first-order valence-electron chi connectivity index (χ1n) is 8.12. The molecule has 4 rings (SSSR count). The molecule has 0 spiro atoms. The van der Waals surface area contributed by atoms with E-state index in [4.69, 9.17) is 16.9 Å². The van der Waals surface area contributed by atoms with Crippen molar-refractivity contribution in [1.82, 2.24) is 0 Å². The molecular weight excluding hydrogens is 346 g/mol. The van der Waals surface area contributed by atoms with Crippen molar-refractivity contribution in [3.8, 4) is 6.07 Å². The molecule has 5 heteroatoms. The number of amides is 1. The Morgan fingerprint density at radius 1 is 0.962 bits per heavy atom. The second kappa shape index (κ2) is 6.55. The first-order chi connectivity index (χ1) is 12.7. The number of nitrogens with zero attached hydrogens (tertiary/aromatic N) is 2. The summed E-state index contributed by atoms with van der Waals surface area (Å²) in [5.41, 5.74) is 3.62. The summed E-state index contributed by atoms with van der Waals surface area (Å²) >= 11 is 6.01. The van der Waals surface area contributed by atoms with Crippen LogP contribution in [0.2, 0.25) is 5.02 Å². The Morgan fingerprint density at radius 3 is 2.35 bits per heavy atom. The quantitative estimate of drug-likeness (QED) is 0.701. The van der Waals surface area contributed by atoms with E-state index in [0.29, 0.717) is 16.1 Å². The van der Waals surface area contributed by atoms with Gasteiger partial charge in [-0.05, 0) is 54.1 Å². The fourth-order valence-electron chi connectivity index (χ4n) is 3.09. The van der Waals surface area contributed by atoms with Crippen molar-refractivity contribution in [2.45, 2.75) is 6.17 Å². The summed E-state index contributed by atoms with van der Waals surface area (Å²) in [6.07, 6.45) is -0.383. The number of halogens is 1. The lowest BCUT2D eigenvalue weighted by molar-refractivity contribution is 0.0975. The van der Waals surface area contributed by atoms with Crippen molar-refractivity contribution in [3.63, 3.8) is 0 Å². The first kappa shape index (κ1) is 16.2. The SMILES string of the molecule is N#Cc1ccc(C2Nc3ccccc3C(=O)N2c2ccc(Cl)cc2)cc1. The molecule has 126 valence electrons. The summed E-state index contributed by atoms with van der Waals surface area (Å²) in [4.78, 5) is 14.9. The molecule has 1 atom stereocenters. The summed E-state index contributed by atoms with van der Waals surface area (Å²) in [6.45, 7) is 0. The molecule has 0 saturated carbocycles. The second-order valence-corrected chi connectivity index (χ2v) is 6.41. The minimum atomic E-state index is -0.383. The van der Waals surface area contributed by atoms with E-state index in [1.807, 2.05) is 48.5 Å². The molecule has 1 amide bonds. The Morgan fingerprint density at radius 2 is 1.65 bits per heavy atom. The van der Waals surface area contributed by atoms with Gasteiger partial charge >= 0.3 is 0 Å². The molecule has 0 fully saturated rings. The van der Waals surface area contributed by atoms with Crippen LogP contribution in [-0.4, -0.2) is 5.91 Å². The van der Waals surface area contributed by atoms with Crippen LogP contribution in [0, 0.1) is 11.3 Å². The molecule has 0 bridgehead atoms. The summed E-state index contributed by atoms with van der Waals surface area (Å²) < 4.78 is 0. The number of nitriles is 1. The minimum Gasteiger partial charge on any atom is -0.360 e. The second-order valence-electron chi connectivity index (χ2n) is 5.98. The van der Waals surface area contributed by atoms with E-state index < -0.39 is 0 Å². The lowest BCUT2D eigenvalue weighted by Gasteiger charge is -2.38. The highest BCUT2D eigenvalue weighted by atomic mass is 35.5. The predicted octanol–water partition coefficient (Wildman–Crippen LogP) is 4.98. The molecule has 0 aliphatic carbocycles. The lowest BCUT2D eigenvalue weighted by atomic mass is 10.0. The number of nitrogens with one attached hydrogen (secondary N) is 1. The number of rotatable bonds is 2. The van der Waals surface area contributed by atoms with Crippen molar-refractivity contribution in [2.24, 2.45) is 0 Å². The number of anilines is 2. The third-order valence-corrected chi connectivity index (χ3v) is 4.64. The van der Waals surface area contributed by atoms with Crippen LogP contribution in [0.4, 0.5) is 11.4 Å². The maximum Gasteiger partial charge on any atom is 0.262 e. The van der Waals surface area contributed by atoms with Gasteiger partial charge in [0, 0.05) is 16.4 Å². The van der Waals surface area contributed by atoms with Gasteiger partial charge in [0.2, 0.25) is 0 Å². The van der Waals surface area contributed by atoms with Gasteiger partial charge in [-0.25, -0.2) is 0 Å². The molecule has 4 nitrogen and oxygen atoms in total. The molecule has 1 unspecified atom stereocenters. The Labute approximate surface area is 156 Å². The first-order valence-corrected chi connectivity index (χ1v) is 8.50.